The molecule has 1 amide bonds. The zero-order valence-corrected chi connectivity index (χ0v) is 14.5. The van der Waals surface area contributed by atoms with E-state index in [-0.39, 0.29) is 10.7 Å². The van der Waals surface area contributed by atoms with Gasteiger partial charge in [0.1, 0.15) is 0 Å². The van der Waals surface area contributed by atoms with E-state index in [0.29, 0.717) is 5.56 Å². The molecule has 1 unspecified atom stereocenters. The number of nitrogens with one attached hydrogen (secondary N) is 1. The van der Waals surface area contributed by atoms with Gasteiger partial charge in [0.25, 0.3) is 5.91 Å². The van der Waals surface area contributed by atoms with Crippen molar-refractivity contribution in [3.63, 3.8) is 0 Å². The van der Waals surface area contributed by atoms with Crippen LogP contribution in [0, 0.1) is 6.92 Å². The molecule has 0 bridgehead atoms. The second-order valence-electron chi connectivity index (χ2n) is 4.62. The van der Waals surface area contributed by atoms with E-state index in [9.17, 15) is 4.79 Å². The predicted octanol–water partition coefficient (Wildman–Crippen LogP) is 5.47. The van der Waals surface area contributed by atoms with Crippen LogP contribution in [0.1, 0.15) is 33.2 Å². The Morgan fingerprint density at radius 2 is 1.90 bits per heavy atom. The Balaban J connectivity index is 2.26. The van der Waals surface area contributed by atoms with Crippen LogP contribution in [0.25, 0.3) is 0 Å². The van der Waals surface area contributed by atoms with Gasteiger partial charge in [-0.15, -0.1) is 0 Å². The lowest BCUT2D eigenvalue weighted by Gasteiger charge is -2.13. The van der Waals surface area contributed by atoms with Gasteiger partial charge in [0.15, 0.2) is 0 Å². The van der Waals surface area contributed by atoms with E-state index in [1.54, 1.807) is 0 Å². The molecule has 2 aromatic carbocycles. The summed E-state index contributed by atoms with van der Waals surface area (Å²) in [7, 11) is 0. The fraction of sp³-hybridized carbons (Fsp3) is 0.188. The minimum atomic E-state index is -0.0961. The minimum absolute atomic E-state index is 0.0961. The first-order valence-electron chi connectivity index (χ1n) is 6.29. The van der Waals surface area contributed by atoms with Crippen LogP contribution in [0.15, 0.2) is 46.9 Å². The molecular weight excluding hydrogens is 382 g/mol. The Morgan fingerprint density at radius 3 is 2.55 bits per heavy atom. The molecule has 1 N–H and O–H groups in total. The summed E-state index contributed by atoms with van der Waals surface area (Å²) in [5.74, 6) is -0.0961. The number of hydrogen-bond acceptors (Lipinski definition) is 1. The molecule has 0 saturated heterocycles. The molecule has 2 nitrogen and oxygen atoms in total. The molecule has 20 heavy (non-hydrogen) atoms. The quantitative estimate of drug-likeness (QED) is 0.685. The van der Waals surface area contributed by atoms with Gasteiger partial charge < -0.3 is 5.32 Å². The summed E-state index contributed by atoms with van der Waals surface area (Å²) in [6, 6.07) is 13.4. The standard InChI is InChI=1S/C16H15Br2NO/c1-10-9-12(7-8-14(10)18)16(20)19-15-6-4-3-5-13(15)11(2)17/h3-9,11H,1-2H3,(H,19,20). The Kier molecular flexibility index (Phi) is 5.00. The van der Waals surface area contributed by atoms with Gasteiger partial charge in [-0.3, -0.25) is 4.79 Å². The number of rotatable bonds is 3. The first-order valence-corrected chi connectivity index (χ1v) is 8.00. The van der Waals surface area contributed by atoms with Gasteiger partial charge in [-0.05, 0) is 49.2 Å². The number of alkyl halides is 1. The average molecular weight is 397 g/mol. The summed E-state index contributed by atoms with van der Waals surface area (Å²) in [5.41, 5.74) is 3.60. The second-order valence-corrected chi connectivity index (χ2v) is 6.85. The molecule has 0 aromatic heterocycles. The van der Waals surface area contributed by atoms with Gasteiger partial charge in [-0.2, -0.15) is 0 Å². The minimum Gasteiger partial charge on any atom is -0.322 e. The smallest absolute Gasteiger partial charge is 0.255 e. The molecule has 0 spiro atoms. The van der Waals surface area contributed by atoms with E-state index in [2.05, 4.69) is 37.2 Å². The van der Waals surface area contributed by atoms with E-state index in [0.717, 1.165) is 21.3 Å². The number of carbonyl (C=O) groups is 1. The van der Waals surface area contributed by atoms with E-state index in [1.807, 2.05) is 56.3 Å². The third-order valence-electron chi connectivity index (χ3n) is 3.06. The number of aryl methyl sites for hydroxylation is 1. The van der Waals surface area contributed by atoms with Crippen molar-refractivity contribution in [3.8, 4) is 0 Å². The molecule has 0 saturated carbocycles. The average Bonchev–Trinajstić information content (AvgIpc) is 2.42. The van der Waals surface area contributed by atoms with Gasteiger partial charge in [0, 0.05) is 20.6 Å². The Morgan fingerprint density at radius 1 is 1.20 bits per heavy atom. The maximum absolute atomic E-state index is 12.3. The molecule has 0 heterocycles. The summed E-state index contributed by atoms with van der Waals surface area (Å²) in [6.45, 7) is 4.00. The predicted molar refractivity (Wildman–Crippen MR) is 90.6 cm³/mol. The van der Waals surface area contributed by atoms with Crippen LogP contribution in [0.4, 0.5) is 5.69 Å². The monoisotopic (exact) mass is 395 g/mol. The van der Waals surface area contributed by atoms with Crippen LogP contribution in [-0.2, 0) is 0 Å². The number of hydrogen-bond donors (Lipinski definition) is 1. The van der Waals surface area contributed by atoms with Crippen LogP contribution in [0.2, 0.25) is 0 Å². The van der Waals surface area contributed by atoms with Gasteiger partial charge in [0.05, 0.1) is 0 Å². The third kappa shape index (κ3) is 3.49. The summed E-state index contributed by atoms with van der Waals surface area (Å²) < 4.78 is 1.00. The van der Waals surface area contributed by atoms with Crippen molar-refractivity contribution >= 4 is 43.5 Å². The zero-order valence-electron chi connectivity index (χ0n) is 11.3. The lowest BCUT2D eigenvalue weighted by atomic mass is 10.1. The van der Waals surface area contributed by atoms with E-state index >= 15 is 0 Å². The van der Waals surface area contributed by atoms with Crippen molar-refractivity contribution in [3.05, 3.63) is 63.6 Å². The highest BCUT2D eigenvalue weighted by molar-refractivity contribution is 9.10. The van der Waals surface area contributed by atoms with Crippen LogP contribution in [0.5, 0.6) is 0 Å². The van der Waals surface area contributed by atoms with E-state index < -0.39 is 0 Å². The molecule has 4 heteroatoms. The summed E-state index contributed by atoms with van der Waals surface area (Å²) >= 11 is 6.98. The fourth-order valence-electron chi connectivity index (χ4n) is 1.94. The number of anilines is 1. The second kappa shape index (κ2) is 6.55. The van der Waals surface area contributed by atoms with E-state index in [4.69, 9.17) is 0 Å². The summed E-state index contributed by atoms with van der Waals surface area (Å²) in [4.78, 5) is 12.5. The van der Waals surface area contributed by atoms with Crippen molar-refractivity contribution in [2.75, 3.05) is 5.32 Å². The molecule has 104 valence electrons. The lowest BCUT2D eigenvalue weighted by Crippen LogP contribution is -2.13. The molecule has 0 fully saturated rings. The maximum atomic E-state index is 12.3. The lowest BCUT2D eigenvalue weighted by molar-refractivity contribution is 0.102. The van der Waals surface area contributed by atoms with Crippen molar-refractivity contribution in [1.29, 1.82) is 0 Å². The van der Waals surface area contributed by atoms with Crippen molar-refractivity contribution in [2.24, 2.45) is 0 Å². The Labute approximate surface area is 135 Å². The van der Waals surface area contributed by atoms with Crippen LogP contribution in [0.3, 0.4) is 0 Å². The summed E-state index contributed by atoms with van der Waals surface area (Å²) in [5, 5.41) is 2.97. The molecule has 2 rings (SSSR count). The number of carbonyl (C=O) groups excluding carboxylic acids is 1. The van der Waals surface area contributed by atoms with Gasteiger partial charge in [-0.25, -0.2) is 0 Å². The topological polar surface area (TPSA) is 29.1 Å². The van der Waals surface area contributed by atoms with Crippen LogP contribution in [-0.4, -0.2) is 5.91 Å². The Bertz CT molecular complexity index is 638. The highest BCUT2D eigenvalue weighted by Gasteiger charge is 2.12. The molecule has 2 aromatic rings. The SMILES string of the molecule is Cc1cc(C(=O)Nc2ccccc2C(C)Br)ccc1Br. The number of para-hydroxylation sites is 1. The zero-order chi connectivity index (χ0) is 14.7. The van der Waals surface area contributed by atoms with Crippen molar-refractivity contribution in [1.82, 2.24) is 0 Å². The molecule has 0 aliphatic heterocycles. The number of halogens is 2. The molecule has 0 radical (unpaired) electrons. The van der Waals surface area contributed by atoms with Crippen LogP contribution >= 0.6 is 31.9 Å². The number of benzene rings is 2. The normalized spacial score (nSPS) is 12.0. The largest absolute Gasteiger partial charge is 0.322 e. The van der Waals surface area contributed by atoms with E-state index in [1.165, 1.54) is 0 Å². The van der Waals surface area contributed by atoms with Crippen molar-refractivity contribution < 1.29 is 4.79 Å². The fourth-order valence-corrected chi connectivity index (χ4v) is 2.58. The van der Waals surface area contributed by atoms with Gasteiger partial charge in [-0.1, -0.05) is 50.1 Å². The molecular formula is C16H15Br2NO. The van der Waals surface area contributed by atoms with Crippen molar-refractivity contribution in [2.45, 2.75) is 18.7 Å². The third-order valence-corrected chi connectivity index (χ3v) is 4.44. The highest BCUT2D eigenvalue weighted by Crippen LogP contribution is 2.29. The van der Waals surface area contributed by atoms with Crippen LogP contribution < -0.4 is 5.32 Å². The first kappa shape index (κ1) is 15.3. The molecule has 0 aliphatic rings. The highest BCUT2D eigenvalue weighted by atomic mass is 79.9. The summed E-state index contributed by atoms with van der Waals surface area (Å²) in [6.07, 6.45) is 0. The van der Waals surface area contributed by atoms with Gasteiger partial charge >= 0.3 is 0 Å². The van der Waals surface area contributed by atoms with Gasteiger partial charge in [0.2, 0.25) is 0 Å². The first-order chi connectivity index (χ1) is 9.49. The molecule has 0 aliphatic carbocycles. The maximum Gasteiger partial charge on any atom is 0.255 e. The Hall–Kier alpha value is -1.13. The number of amides is 1. The molecule has 1 atom stereocenters.